The molecule has 3 nitrogen and oxygen atoms in total. The third-order valence-electron chi connectivity index (χ3n) is 2.19. The van der Waals surface area contributed by atoms with Crippen LogP contribution in [0.15, 0.2) is 24.4 Å². The standard InChI is InChI=1S/C12H19NO2/c14-10-6-2-1-3-7-11-15-12-8-4-5-9-13-12/h4-5,8-9,14H,1-3,6-7,10-11H2. The van der Waals surface area contributed by atoms with Crippen LogP contribution >= 0.6 is 0 Å². The van der Waals surface area contributed by atoms with Crippen LogP contribution in [-0.4, -0.2) is 23.3 Å². The van der Waals surface area contributed by atoms with Crippen molar-refractivity contribution in [3.8, 4) is 5.88 Å². The fraction of sp³-hybridized carbons (Fsp3) is 0.583. The molecule has 0 amide bonds. The number of aromatic nitrogens is 1. The van der Waals surface area contributed by atoms with Crippen LogP contribution in [0.3, 0.4) is 0 Å². The number of ether oxygens (including phenoxy) is 1. The van der Waals surface area contributed by atoms with Gasteiger partial charge in [-0.05, 0) is 18.9 Å². The second-order valence-electron chi connectivity index (χ2n) is 3.51. The molecular weight excluding hydrogens is 190 g/mol. The van der Waals surface area contributed by atoms with Crippen molar-refractivity contribution in [3.05, 3.63) is 24.4 Å². The molecule has 0 aliphatic rings. The minimum Gasteiger partial charge on any atom is -0.478 e. The van der Waals surface area contributed by atoms with Gasteiger partial charge in [-0.1, -0.05) is 25.3 Å². The van der Waals surface area contributed by atoms with Gasteiger partial charge in [-0.2, -0.15) is 0 Å². The highest BCUT2D eigenvalue weighted by Crippen LogP contribution is 2.06. The van der Waals surface area contributed by atoms with E-state index in [1.165, 1.54) is 6.42 Å². The minimum absolute atomic E-state index is 0.310. The molecule has 0 bridgehead atoms. The van der Waals surface area contributed by atoms with Gasteiger partial charge in [0.05, 0.1) is 6.61 Å². The van der Waals surface area contributed by atoms with E-state index in [1.807, 2.05) is 18.2 Å². The Bertz CT molecular complexity index is 239. The molecule has 0 aliphatic heterocycles. The highest BCUT2D eigenvalue weighted by Gasteiger charge is 1.93. The molecule has 1 rings (SSSR count). The Balaban J connectivity index is 1.93. The summed E-state index contributed by atoms with van der Waals surface area (Å²) in [6.07, 6.45) is 7.15. The van der Waals surface area contributed by atoms with Gasteiger partial charge in [-0.25, -0.2) is 4.98 Å². The van der Waals surface area contributed by atoms with E-state index in [4.69, 9.17) is 9.84 Å². The van der Waals surface area contributed by atoms with Gasteiger partial charge in [0.1, 0.15) is 0 Å². The highest BCUT2D eigenvalue weighted by molar-refractivity contribution is 5.08. The fourth-order valence-corrected chi connectivity index (χ4v) is 1.35. The van der Waals surface area contributed by atoms with Crippen molar-refractivity contribution in [2.24, 2.45) is 0 Å². The molecule has 0 radical (unpaired) electrons. The molecule has 0 saturated heterocycles. The van der Waals surface area contributed by atoms with Crippen molar-refractivity contribution in [2.45, 2.75) is 32.1 Å². The van der Waals surface area contributed by atoms with E-state index in [0.717, 1.165) is 32.3 Å². The topological polar surface area (TPSA) is 42.4 Å². The van der Waals surface area contributed by atoms with Crippen LogP contribution in [0, 0.1) is 0 Å². The molecular formula is C12H19NO2. The lowest BCUT2D eigenvalue weighted by atomic mass is 10.1. The summed E-state index contributed by atoms with van der Waals surface area (Å²) < 4.78 is 5.45. The Morgan fingerprint density at radius 2 is 1.87 bits per heavy atom. The average Bonchev–Trinajstić information content (AvgIpc) is 2.29. The van der Waals surface area contributed by atoms with Gasteiger partial charge in [0.25, 0.3) is 0 Å². The van der Waals surface area contributed by atoms with Crippen LogP contribution in [0.2, 0.25) is 0 Å². The Kier molecular flexibility index (Phi) is 6.58. The van der Waals surface area contributed by atoms with Gasteiger partial charge in [0.2, 0.25) is 5.88 Å². The third kappa shape index (κ3) is 6.07. The first-order chi connectivity index (χ1) is 7.43. The summed E-state index contributed by atoms with van der Waals surface area (Å²) in [4.78, 5) is 4.07. The van der Waals surface area contributed by atoms with Gasteiger partial charge < -0.3 is 9.84 Å². The van der Waals surface area contributed by atoms with E-state index in [2.05, 4.69) is 4.98 Å². The minimum atomic E-state index is 0.310. The maximum atomic E-state index is 8.58. The number of nitrogens with zero attached hydrogens (tertiary/aromatic N) is 1. The highest BCUT2D eigenvalue weighted by atomic mass is 16.5. The monoisotopic (exact) mass is 209 g/mol. The van der Waals surface area contributed by atoms with Gasteiger partial charge >= 0.3 is 0 Å². The smallest absolute Gasteiger partial charge is 0.213 e. The number of unbranched alkanes of at least 4 members (excludes halogenated alkanes) is 4. The quantitative estimate of drug-likeness (QED) is 0.668. The summed E-state index contributed by atoms with van der Waals surface area (Å²) in [6.45, 7) is 1.04. The van der Waals surface area contributed by atoms with E-state index < -0.39 is 0 Å². The lowest BCUT2D eigenvalue weighted by Crippen LogP contribution is -1.98. The molecule has 0 aromatic carbocycles. The fourth-order valence-electron chi connectivity index (χ4n) is 1.35. The van der Waals surface area contributed by atoms with Crippen molar-refractivity contribution in [3.63, 3.8) is 0 Å². The molecule has 1 aromatic heterocycles. The zero-order valence-electron chi connectivity index (χ0n) is 9.06. The third-order valence-corrected chi connectivity index (χ3v) is 2.19. The molecule has 1 aromatic rings. The molecule has 0 atom stereocenters. The zero-order valence-corrected chi connectivity index (χ0v) is 9.06. The van der Waals surface area contributed by atoms with Gasteiger partial charge in [-0.15, -0.1) is 0 Å². The van der Waals surface area contributed by atoms with Gasteiger partial charge in [0, 0.05) is 18.9 Å². The Morgan fingerprint density at radius 1 is 1.07 bits per heavy atom. The van der Waals surface area contributed by atoms with Crippen LogP contribution in [0.1, 0.15) is 32.1 Å². The van der Waals surface area contributed by atoms with Crippen molar-refractivity contribution in [1.82, 2.24) is 4.98 Å². The molecule has 0 fully saturated rings. The number of rotatable bonds is 8. The molecule has 0 unspecified atom stereocenters. The SMILES string of the molecule is OCCCCCCCOc1ccccn1. The predicted molar refractivity (Wildman–Crippen MR) is 59.9 cm³/mol. The van der Waals surface area contributed by atoms with Gasteiger partial charge in [0.15, 0.2) is 0 Å². The summed E-state index contributed by atoms with van der Waals surface area (Å²) in [7, 11) is 0. The normalized spacial score (nSPS) is 10.2. The number of aliphatic hydroxyl groups is 1. The molecule has 0 aliphatic carbocycles. The Morgan fingerprint density at radius 3 is 2.60 bits per heavy atom. The zero-order chi connectivity index (χ0) is 10.8. The first kappa shape index (κ1) is 12.0. The van der Waals surface area contributed by atoms with Crippen LogP contribution in [0.25, 0.3) is 0 Å². The van der Waals surface area contributed by atoms with E-state index in [0.29, 0.717) is 12.5 Å². The van der Waals surface area contributed by atoms with Crippen LogP contribution in [0.4, 0.5) is 0 Å². The lowest BCUT2D eigenvalue weighted by molar-refractivity contribution is 0.276. The van der Waals surface area contributed by atoms with Crippen molar-refractivity contribution >= 4 is 0 Å². The average molecular weight is 209 g/mol. The molecule has 1 N–H and O–H groups in total. The maximum Gasteiger partial charge on any atom is 0.213 e. The van der Waals surface area contributed by atoms with Gasteiger partial charge in [-0.3, -0.25) is 0 Å². The number of hydrogen-bond donors (Lipinski definition) is 1. The second-order valence-corrected chi connectivity index (χ2v) is 3.51. The summed E-state index contributed by atoms with van der Waals surface area (Å²) in [5.41, 5.74) is 0. The van der Waals surface area contributed by atoms with Crippen LogP contribution in [0.5, 0.6) is 5.88 Å². The Labute approximate surface area is 91.1 Å². The molecule has 0 spiro atoms. The number of pyridine rings is 1. The molecule has 0 saturated carbocycles. The largest absolute Gasteiger partial charge is 0.478 e. The molecule has 3 heteroatoms. The molecule has 1 heterocycles. The van der Waals surface area contributed by atoms with Crippen LogP contribution in [-0.2, 0) is 0 Å². The summed E-state index contributed by atoms with van der Waals surface area (Å²) >= 11 is 0. The first-order valence-electron chi connectivity index (χ1n) is 5.58. The second kappa shape index (κ2) is 8.24. The number of hydrogen-bond acceptors (Lipinski definition) is 3. The summed E-state index contributed by atoms with van der Waals surface area (Å²) in [5, 5.41) is 8.58. The van der Waals surface area contributed by atoms with Crippen molar-refractivity contribution in [1.29, 1.82) is 0 Å². The van der Waals surface area contributed by atoms with E-state index in [1.54, 1.807) is 6.20 Å². The Hall–Kier alpha value is -1.09. The van der Waals surface area contributed by atoms with Crippen LogP contribution < -0.4 is 4.74 Å². The summed E-state index contributed by atoms with van der Waals surface area (Å²) in [6, 6.07) is 5.66. The molecule has 15 heavy (non-hydrogen) atoms. The number of aliphatic hydroxyl groups excluding tert-OH is 1. The van der Waals surface area contributed by atoms with Crippen molar-refractivity contribution < 1.29 is 9.84 Å². The molecule has 84 valence electrons. The van der Waals surface area contributed by atoms with E-state index in [-0.39, 0.29) is 0 Å². The first-order valence-corrected chi connectivity index (χ1v) is 5.58. The summed E-state index contributed by atoms with van der Waals surface area (Å²) in [5.74, 6) is 0.702. The van der Waals surface area contributed by atoms with E-state index >= 15 is 0 Å². The van der Waals surface area contributed by atoms with E-state index in [9.17, 15) is 0 Å². The predicted octanol–water partition coefficient (Wildman–Crippen LogP) is 2.40. The van der Waals surface area contributed by atoms with Crippen molar-refractivity contribution in [2.75, 3.05) is 13.2 Å². The maximum absolute atomic E-state index is 8.58. The lowest BCUT2D eigenvalue weighted by Gasteiger charge is -2.04.